The largest absolute Gasteiger partial charge is 0.618 e. The van der Waals surface area contributed by atoms with Crippen molar-refractivity contribution in [3.63, 3.8) is 0 Å². The SMILES string of the molecule is CCn1c(=O)c2ccccc2n2c(CSc3cccc[n+]3[O-])nnc12. The summed E-state index contributed by atoms with van der Waals surface area (Å²) in [5.74, 6) is 1.69. The first-order chi connectivity index (χ1) is 12.2. The standard InChI is InChI=1S/C17H15N5O2S/c1-2-20-16(23)12-7-3-4-8-13(12)22-14(18-19-17(20)22)11-25-15-9-5-6-10-21(15)24/h3-10H,2,11H2,1H3. The van der Waals surface area contributed by atoms with Crippen LogP contribution in [-0.4, -0.2) is 19.2 Å². The summed E-state index contributed by atoms with van der Waals surface area (Å²) in [7, 11) is 0. The Morgan fingerprint density at radius 1 is 1.16 bits per heavy atom. The van der Waals surface area contributed by atoms with Crippen LogP contribution in [0.4, 0.5) is 0 Å². The predicted octanol–water partition coefficient (Wildman–Crippen LogP) is 1.99. The van der Waals surface area contributed by atoms with Gasteiger partial charge in [-0.2, -0.15) is 4.73 Å². The third-order valence-electron chi connectivity index (χ3n) is 4.03. The quantitative estimate of drug-likeness (QED) is 0.318. The second-order valence-corrected chi connectivity index (χ2v) is 6.47. The minimum atomic E-state index is -0.0716. The molecule has 0 amide bonds. The highest BCUT2D eigenvalue weighted by Gasteiger charge is 2.16. The first kappa shape index (κ1) is 15.6. The van der Waals surface area contributed by atoms with Gasteiger partial charge in [0.2, 0.25) is 5.78 Å². The van der Waals surface area contributed by atoms with E-state index in [1.54, 1.807) is 16.7 Å². The van der Waals surface area contributed by atoms with Crippen molar-refractivity contribution in [2.45, 2.75) is 24.2 Å². The molecule has 4 aromatic rings. The number of rotatable bonds is 4. The molecular weight excluding hydrogens is 338 g/mol. The van der Waals surface area contributed by atoms with Crippen molar-refractivity contribution in [2.24, 2.45) is 0 Å². The van der Waals surface area contributed by atoms with E-state index in [0.29, 0.717) is 34.3 Å². The van der Waals surface area contributed by atoms with Gasteiger partial charge in [0.25, 0.3) is 10.6 Å². The van der Waals surface area contributed by atoms with E-state index >= 15 is 0 Å². The molecule has 0 unspecified atom stereocenters. The van der Waals surface area contributed by atoms with Gasteiger partial charge in [0.1, 0.15) is 5.82 Å². The summed E-state index contributed by atoms with van der Waals surface area (Å²) in [5.41, 5.74) is 0.702. The number of pyridine rings is 1. The molecular formula is C17H15N5O2S. The van der Waals surface area contributed by atoms with Crippen LogP contribution < -0.4 is 10.3 Å². The lowest BCUT2D eigenvalue weighted by atomic mass is 10.2. The van der Waals surface area contributed by atoms with Gasteiger partial charge < -0.3 is 5.21 Å². The number of aryl methyl sites for hydroxylation is 1. The molecule has 8 heteroatoms. The van der Waals surface area contributed by atoms with Crippen molar-refractivity contribution in [1.82, 2.24) is 19.2 Å². The fraction of sp³-hybridized carbons (Fsp3) is 0.176. The molecule has 3 aromatic heterocycles. The Labute approximate surface area is 147 Å². The maximum absolute atomic E-state index is 12.6. The highest BCUT2D eigenvalue weighted by atomic mass is 32.2. The van der Waals surface area contributed by atoms with Gasteiger partial charge in [0.15, 0.2) is 6.20 Å². The third-order valence-corrected chi connectivity index (χ3v) is 5.04. The molecule has 0 fully saturated rings. The van der Waals surface area contributed by atoms with E-state index in [2.05, 4.69) is 10.2 Å². The van der Waals surface area contributed by atoms with Crippen LogP contribution in [0.5, 0.6) is 0 Å². The Morgan fingerprint density at radius 2 is 1.96 bits per heavy atom. The van der Waals surface area contributed by atoms with Crippen molar-refractivity contribution >= 4 is 28.4 Å². The lowest BCUT2D eigenvalue weighted by molar-refractivity contribution is -0.645. The molecule has 0 aliphatic carbocycles. The maximum Gasteiger partial charge on any atom is 0.262 e. The van der Waals surface area contributed by atoms with Crippen LogP contribution in [0.1, 0.15) is 12.7 Å². The Morgan fingerprint density at radius 3 is 2.76 bits per heavy atom. The highest BCUT2D eigenvalue weighted by molar-refractivity contribution is 7.98. The average Bonchev–Trinajstić information content (AvgIpc) is 3.05. The molecule has 3 heterocycles. The average molecular weight is 353 g/mol. The number of nitrogens with zero attached hydrogens (tertiary/aromatic N) is 5. The molecule has 0 radical (unpaired) electrons. The summed E-state index contributed by atoms with van der Waals surface area (Å²) in [5, 5.41) is 21.5. The summed E-state index contributed by atoms with van der Waals surface area (Å²) in [4.78, 5) is 12.6. The van der Waals surface area contributed by atoms with Crippen molar-refractivity contribution in [1.29, 1.82) is 0 Å². The van der Waals surface area contributed by atoms with Gasteiger partial charge in [-0.05, 0) is 36.9 Å². The van der Waals surface area contributed by atoms with Crippen LogP contribution in [-0.2, 0) is 12.3 Å². The molecule has 0 bridgehead atoms. The van der Waals surface area contributed by atoms with Gasteiger partial charge in [-0.3, -0.25) is 13.8 Å². The van der Waals surface area contributed by atoms with E-state index in [9.17, 15) is 10.0 Å². The first-order valence-electron chi connectivity index (χ1n) is 7.87. The number of hydrogen-bond donors (Lipinski definition) is 0. The number of benzene rings is 1. The summed E-state index contributed by atoms with van der Waals surface area (Å²) in [6.45, 7) is 2.42. The van der Waals surface area contributed by atoms with Crippen molar-refractivity contribution in [3.05, 3.63) is 70.0 Å². The lowest BCUT2D eigenvalue weighted by Crippen LogP contribution is -2.27. The minimum absolute atomic E-state index is 0.0716. The van der Waals surface area contributed by atoms with Crippen LogP contribution in [0.3, 0.4) is 0 Å². The van der Waals surface area contributed by atoms with Gasteiger partial charge in [-0.15, -0.1) is 10.2 Å². The van der Waals surface area contributed by atoms with E-state index in [1.165, 1.54) is 18.0 Å². The lowest BCUT2D eigenvalue weighted by Gasteiger charge is -2.09. The fourth-order valence-corrected chi connectivity index (χ4v) is 3.68. The first-order valence-corrected chi connectivity index (χ1v) is 8.86. The molecule has 7 nitrogen and oxygen atoms in total. The highest BCUT2D eigenvalue weighted by Crippen LogP contribution is 2.21. The van der Waals surface area contributed by atoms with Gasteiger partial charge in [0, 0.05) is 18.7 Å². The second kappa shape index (κ2) is 6.21. The molecule has 0 atom stereocenters. The Kier molecular flexibility index (Phi) is 3.89. The molecule has 25 heavy (non-hydrogen) atoms. The van der Waals surface area contributed by atoms with Crippen LogP contribution in [0.15, 0.2) is 58.5 Å². The van der Waals surface area contributed by atoms with Crippen molar-refractivity contribution < 1.29 is 4.73 Å². The molecule has 0 saturated heterocycles. The van der Waals surface area contributed by atoms with E-state index in [4.69, 9.17) is 0 Å². The van der Waals surface area contributed by atoms with E-state index in [1.807, 2.05) is 41.7 Å². The number of fused-ring (bicyclic) bond motifs is 3. The smallest absolute Gasteiger partial charge is 0.262 e. The Bertz CT molecular complexity index is 1130. The molecule has 0 aliphatic heterocycles. The molecule has 0 N–H and O–H groups in total. The van der Waals surface area contributed by atoms with E-state index in [-0.39, 0.29) is 5.56 Å². The van der Waals surface area contributed by atoms with Crippen molar-refractivity contribution in [2.75, 3.05) is 0 Å². The zero-order valence-electron chi connectivity index (χ0n) is 13.5. The summed E-state index contributed by atoms with van der Waals surface area (Å²) < 4.78 is 4.33. The van der Waals surface area contributed by atoms with Crippen molar-refractivity contribution in [3.8, 4) is 0 Å². The number of thioether (sulfide) groups is 1. The van der Waals surface area contributed by atoms with Gasteiger partial charge in [0.05, 0.1) is 16.7 Å². The number of para-hydroxylation sites is 1. The number of hydrogen-bond acceptors (Lipinski definition) is 5. The molecule has 0 saturated carbocycles. The van der Waals surface area contributed by atoms with Gasteiger partial charge in [-0.25, -0.2) is 0 Å². The maximum atomic E-state index is 12.6. The minimum Gasteiger partial charge on any atom is -0.618 e. The number of aromatic nitrogens is 5. The molecule has 0 aliphatic rings. The van der Waals surface area contributed by atoms with E-state index in [0.717, 1.165) is 10.2 Å². The monoisotopic (exact) mass is 353 g/mol. The molecule has 0 spiro atoms. The van der Waals surface area contributed by atoms with Gasteiger partial charge >= 0.3 is 0 Å². The fourth-order valence-electron chi connectivity index (χ4n) is 2.86. The molecule has 1 aromatic carbocycles. The molecule has 126 valence electrons. The van der Waals surface area contributed by atoms with Gasteiger partial charge in [-0.1, -0.05) is 12.1 Å². The van der Waals surface area contributed by atoms with E-state index < -0.39 is 0 Å². The third kappa shape index (κ3) is 2.54. The van der Waals surface area contributed by atoms with Crippen LogP contribution >= 0.6 is 11.8 Å². The normalized spacial score (nSPS) is 11.4. The Hall–Kier alpha value is -2.87. The zero-order chi connectivity index (χ0) is 17.4. The summed E-state index contributed by atoms with van der Waals surface area (Å²) >= 11 is 1.39. The Balaban J connectivity index is 1.87. The topological polar surface area (TPSA) is 79.1 Å². The van der Waals surface area contributed by atoms with Crippen LogP contribution in [0.25, 0.3) is 16.7 Å². The predicted molar refractivity (Wildman–Crippen MR) is 95.4 cm³/mol. The van der Waals surface area contributed by atoms with Crippen LogP contribution in [0.2, 0.25) is 0 Å². The molecule has 4 rings (SSSR count). The second-order valence-electron chi connectivity index (χ2n) is 5.47. The summed E-state index contributed by atoms with van der Waals surface area (Å²) in [6.07, 6.45) is 1.47. The van der Waals surface area contributed by atoms with Crippen LogP contribution in [0, 0.1) is 5.21 Å². The zero-order valence-corrected chi connectivity index (χ0v) is 14.3. The summed E-state index contributed by atoms with van der Waals surface area (Å²) in [6, 6.07) is 12.7.